The van der Waals surface area contributed by atoms with Gasteiger partial charge in [0.05, 0.1) is 0 Å². The normalized spacial score (nSPS) is 12.9. The molecule has 0 aliphatic rings. The molecule has 1 aromatic heterocycles. The Kier molecular flexibility index (Phi) is 7.47. The molecule has 0 aliphatic heterocycles. The molecular formula is C14H24BrN3. The summed E-state index contributed by atoms with van der Waals surface area (Å²) in [6.07, 6.45) is 4.02. The highest BCUT2D eigenvalue weighted by Crippen LogP contribution is 2.10. The second-order valence-corrected chi connectivity index (χ2v) is 5.39. The lowest BCUT2D eigenvalue weighted by atomic mass is 10.1. The third-order valence-corrected chi connectivity index (χ3v) is 3.81. The molecule has 4 heteroatoms. The average molecular weight is 314 g/mol. The Morgan fingerprint density at radius 2 is 2.06 bits per heavy atom. The summed E-state index contributed by atoms with van der Waals surface area (Å²) in [4.78, 5) is 6.89. The van der Waals surface area contributed by atoms with Crippen LogP contribution in [0.15, 0.2) is 22.8 Å². The van der Waals surface area contributed by atoms with E-state index in [0.29, 0.717) is 6.04 Å². The minimum atomic E-state index is 0.499. The maximum atomic E-state index is 4.43. The first kappa shape index (κ1) is 15.6. The van der Waals surface area contributed by atoms with Gasteiger partial charge < -0.3 is 10.2 Å². The number of halogens is 1. The van der Waals surface area contributed by atoms with Crippen molar-refractivity contribution in [2.75, 3.05) is 26.7 Å². The van der Waals surface area contributed by atoms with Crippen LogP contribution in [0.3, 0.4) is 0 Å². The van der Waals surface area contributed by atoms with Crippen LogP contribution in [0.1, 0.15) is 26.0 Å². The third-order valence-electron chi connectivity index (χ3n) is 3.34. The first-order valence-electron chi connectivity index (χ1n) is 6.69. The molecule has 1 unspecified atom stereocenters. The third kappa shape index (κ3) is 5.46. The summed E-state index contributed by atoms with van der Waals surface area (Å²) in [5, 5.41) is 3.39. The Bertz CT molecular complexity index is 322. The number of rotatable bonds is 8. The quantitative estimate of drug-likeness (QED) is 0.800. The van der Waals surface area contributed by atoms with Gasteiger partial charge in [0, 0.05) is 28.8 Å². The van der Waals surface area contributed by atoms with Gasteiger partial charge in [0.25, 0.3) is 0 Å². The molecule has 3 nitrogen and oxygen atoms in total. The summed E-state index contributed by atoms with van der Waals surface area (Å²) in [5.41, 5.74) is 1.15. The Hall–Kier alpha value is -0.450. The average Bonchev–Trinajstić information content (AvgIpc) is 2.40. The number of hydrogen-bond acceptors (Lipinski definition) is 3. The van der Waals surface area contributed by atoms with Gasteiger partial charge in [-0.15, -0.1) is 0 Å². The van der Waals surface area contributed by atoms with Gasteiger partial charge in [0.2, 0.25) is 0 Å². The zero-order valence-electron chi connectivity index (χ0n) is 11.6. The van der Waals surface area contributed by atoms with Crippen molar-refractivity contribution in [2.45, 2.75) is 32.7 Å². The number of aromatic nitrogens is 1. The highest BCUT2D eigenvalue weighted by atomic mass is 79.9. The van der Waals surface area contributed by atoms with Gasteiger partial charge >= 0.3 is 0 Å². The van der Waals surface area contributed by atoms with Crippen molar-refractivity contribution < 1.29 is 0 Å². The van der Waals surface area contributed by atoms with Crippen LogP contribution in [-0.2, 0) is 6.42 Å². The molecule has 0 fully saturated rings. The Morgan fingerprint density at radius 1 is 1.33 bits per heavy atom. The molecule has 0 amide bonds. The molecule has 0 aromatic carbocycles. The van der Waals surface area contributed by atoms with E-state index in [2.05, 4.69) is 57.1 Å². The standard InChI is InChI=1S/C14H24BrN3/c1-4-18(5-2)9-8-13(16-3)10-14-7-6-12(15)11-17-14/h6-7,11,13,16H,4-5,8-10H2,1-3H3. The molecule has 18 heavy (non-hydrogen) atoms. The molecule has 0 spiro atoms. The summed E-state index contributed by atoms with van der Waals surface area (Å²) >= 11 is 3.41. The Morgan fingerprint density at radius 3 is 2.56 bits per heavy atom. The zero-order valence-corrected chi connectivity index (χ0v) is 13.2. The monoisotopic (exact) mass is 313 g/mol. The van der Waals surface area contributed by atoms with E-state index in [1.807, 2.05) is 13.2 Å². The lowest BCUT2D eigenvalue weighted by Crippen LogP contribution is -2.34. The van der Waals surface area contributed by atoms with E-state index in [0.717, 1.165) is 42.6 Å². The van der Waals surface area contributed by atoms with E-state index in [4.69, 9.17) is 0 Å². The van der Waals surface area contributed by atoms with Gasteiger partial charge in [0.15, 0.2) is 0 Å². The van der Waals surface area contributed by atoms with Gasteiger partial charge in [-0.3, -0.25) is 4.98 Å². The molecule has 102 valence electrons. The largest absolute Gasteiger partial charge is 0.317 e. The summed E-state index contributed by atoms with van der Waals surface area (Å²) in [6, 6.07) is 4.64. The molecule has 0 bridgehead atoms. The first-order chi connectivity index (χ1) is 8.69. The molecule has 1 aromatic rings. The number of nitrogens with one attached hydrogen (secondary N) is 1. The minimum Gasteiger partial charge on any atom is -0.317 e. The molecule has 0 saturated heterocycles. The van der Waals surface area contributed by atoms with E-state index in [1.165, 1.54) is 0 Å². The minimum absolute atomic E-state index is 0.499. The van der Waals surface area contributed by atoms with Gasteiger partial charge in [0.1, 0.15) is 0 Å². The smallest absolute Gasteiger partial charge is 0.0419 e. The van der Waals surface area contributed by atoms with E-state index in [9.17, 15) is 0 Å². The highest BCUT2D eigenvalue weighted by molar-refractivity contribution is 9.10. The van der Waals surface area contributed by atoms with Crippen molar-refractivity contribution in [1.82, 2.24) is 15.2 Å². The predicted molar refractivity (Wildman–Crippen MR) is 80.9 cm³/mol. The van der Waals surface area contributed by atoms with Crippen LogP contribution >= 0.6 is 15.9 Å². The fourth-order valence-electron chi connectivity index (χ4n) is 2.01. The highest BCUT2D eigenvalue weighted by Gasteiger charge is 2.10. The fourth-order valence-corrected chi connectivity index (χ4v) is 2.24. The van der Waals surface area contributed by atoms with Crippen molar-refractivity contribution in [1.29, 1.82) is 0 Å². The number of nitrogens with zero attached hydrogens (tertiary/aromatic N) is 2. The van der Waals surface area contributed by atoms with Crippen molar-refractivity contribution in [2.24, 2.45) is 0 Å². The van der Waals surface area contributed by atoms with Crippen LogP contribution < -0.4 is 5.32 Å². The summed E-state index contributed by atoms with van der Waals surface area (Å²) in [5.74, 6) is 0. The lowest BCUT2D eigenvalue weighted by molar-refractivity contribution is 0.283. The molecular weight excluding hydrogens is 290 g/mol. The van der Waals surface area contributed by atoms with Gasteiger partial charge in [-0.25, -0.2) is 0 Å². The Balaban J connectivity index is 2.44. The van der Waals surface area contributed by atoms with Crippen molar-refractivity contribution >= 4 is 15.9 Å². The fraction of sp³-hybridized carbons (Fsp3) is 0.643. The Labute approximate surface area is 119 Å². The molecule has 0 radical (unpaired) electrons. The van der Waals surface area contributed by atoms with E-state index >= 15 is 0 Å². The maximum absolute atomic E-state index is 4.43. The maximum Gasteiger partial charge on any atom is 0.0419 e. The molecule has 1 N–H and O–H groups in total. The molecule has 1 heterocycles. The predicted octanol–water partition coefficient (Wildman–Crippen LogP) is 2.71. The summed E-state index contributed by atoms with van der Waals surface area (Å²) in [7, 11) is 2.03. The topological polar surface area (TPSA) is 28.2 Å². The second-order valence-electron chi connectivity index (χ2n) is 4.47. The van der Waals surface area contributed by atoms with Crippen LogP contribution in [0.5, 0.6) is 0 Å². The molecule has 0 aliphatic carbocycles. The number of hydrogen-bond donors (Lipinski definition) is 1. The molecule has 1 rings (SSSR count). The van der Waals surface area contributed by atoms with Gasteiger partial charge in [-0.1, -0.05) is 13.8 Å². The van der Waals surface area contributed by atoms with E-state index in [1.54, 1.807) is 0 Å². The van der Waals surface area contributed by atoms with Crippen LogP contribution in [0.4, 0.5) is 0 Å². The van der Waals surface area contributed by atoms with Crippen LogP contribution in [-0.4, -0.2) is 42.6 Å². The van der Waals surface area contributed by atoms with E-state index in [-0.39, 0.29) is 0 Å². The lowest BCUT2D eigenvalue weighted by Gasteiger charge is -2.22. The second kappa shape index (κ2) is 8.62. The molecule has 1 atom stereocenters. The van der Waals surface area contributed by atoms with Gasteiger partial charge in [-0.05, 0) is 61.2 Å². The summed E-state index contributed by atoms with van der Waals surface area (Å²) < 4.78 is 1.04. The number of likely N-dealkylation sites (N-methyl/N-ethyl adjacent to an activating group) is 1. The SMILES string of the molecule is CCN(CC)CCC(Cc1ccc(Br)cn1)NC. The summed E-state index contributed by atoms with van der Waals surface area (Å²) in [6.45, 7) is 7.84. The molecule has 0 saturated carbocycles. The van der Waals surface area contributed by atoms with Gasteiger partial charge in [-0.2, -0.15) is 0 Å². The van der Waals surface area contributed by atoms with Crippen molar-refractivity contribution in [3.8, 4) is 0 Å². The first-order valence-corrected chi connectivity index (χ1v) is 7.48. The van der Waals surface area contributed by atoms with Crippen LogP contribution in [0.2, 0.25) is 0 Å². The van der Waals surface area contributed by atoms with Crippen LogP contribution in [0, 0.1) is 0 Å². The zero-order chi connectivity index (χ0) is 13.4. The van der Waals surface area contributed by atoms with Crippen molar-refractivity contribution in [3.05, 3.63) is 28.5 Å². The number of pyridine rings is 1. The van der Waals surface area contributed by atoms with Crippen LogP contribution in [0.25, 0.3) is 0 Å². The van der Waals surface area contributed by atoms with Crippen molar-refractivity contribution in [3.63, 3.8) is 0 Å². The van der Waals surface area contributed by atoms with E-state index < -0.39 is 0 Å².